The standard InChI is InChI=1S/C21H26N4O2/c1-15(26)11-17-13-22-21(23-14-17)25-8-6-24(7-9-25)16(2)19-4-3-18-5-10-27-20(18)12-19/h3-4,12-14,16H,5-11H2,1-2H3. The van der Waals surface area contributed by atoms with E-state index in [2.05, 4.69) is 44.9 Å². The van der Waals surface area contributed by atoms with E-state index >= 15 is 0 Å². The van der Waals surface area contributed by atoms with Gasteiger partial charge in [-0.2, -0.15) is 0 Å². The quantitative estimate of drug-likeness (QED) is 0.810. The molecular weight excluding hydrogens is 340 g/mol. The summed E-state index contributed by atoms with van der Waals surface area (Å²) in [5, 5.41) is 0. The van der Waals surface area contributed by atoms with E-state index in [4.69, 9.17) is 4.74 Å². The largest absolute Gasteiger partial charge is 0.493 e. The summed E-state index contributed by atoms with van der Waals surface area (Å²) in [5.74, 6) is 1.93. The molecule has 2 aromatic rings. The number of aromatic nitrogens is 2. The normalized spacial score (nSPS) is 18.1. The highest BCUT2D eigenvalue weighted by Crippen LogP contribution is 2.31. The molecule has 2 aliphatic rings. The summed E-state index contributed by atoms with van der Waals surface area (Å²) in [4.78, 5) is 24.8. The zero-order chi connectivity index (χ0) is 18.8. The first-order valence-corrected chi connectivity index (χ1v) is 9.65. The van der Waals surface area contributed by atoms with Gasteiger partial charge in [-0.05, 0) is 36.6 Å². The van der Waals surface area contributed by atoms with E-state index in [0.717, 1.165) is 56.5 Å². The molecule has 1 unspecified atom stereocenters. The van der Waals surface area contributed by atoms with Gasteiger partial charge in [0.15, 0.2) is 0 Å². The van der Waals surface area contributed by atoms with E-state index in [1.165, 1.54) is 11.1 Å². The summed E-state index contributed by atoms with van der Waals surface area (Å²) in [6.07, 6.45) is 4.95. The van der Waals surface area contributed by atoms with Crippen molar-refractivity contribution in [1.82, 2.24) is 14.9 Å². The molecule has 4 rings (SSSR count). The topological polar surface area (TPSA) is 58.6 Å². The Labute approximate surface area is 160 Å². The monoisotopic (exact) mass is 366 g/mol. The number of benzene rings is 1. The molecule has 0 spiro atoms. The number of ketones is 1. The number of fused-ring (bicyclic) bond motifs is 1. The molecule has 2 aliphatic heterocycles. The van der Waals surface area contributed by atoms with Gasteiger partial charge in [0.2, 0.25) is 5.95 Å². The molecule has 6 heteroatoms. The third-order valence-corrected chi connectivity index (χ3v) is 5.49. The number of Topliss-reactive ketones (excluding diaryl/α,β-unsaturated/α-hetero) is 1. The van der Waals surface area contributed by atoms with Crippen molar-refractivity contribution >= 4 is 11.7 Å². The number of hydrogen-bond donors (Lipinski definition) is 0. The van der Waals surface area contributed by atoms with Crippen LogP contribution in [0.15, 0.2) is 30.6 Å². The average Bonchev–Trinajstić information content (AvgIpc) is 3.15. The molecule has 1 aromatic carbocycles. The van der Waals surface area contributed by atoms with Crippen LogP contribution >= 0.6 is 0 Å². The molecular formula is C21H26N4O2. The van der Waals surface area contributed by atoms with Crippen molar-refractivity contribution in [3.8, 4) is 5.75 Å². The zero-order valence-corrected chi connectivity index (χ0v) is 16.0. The van der Waals surface area contributed by atoms with Crippen LogP contribution in [0.1, 0.15) is 36.6 Å². The van der Waals surface area contributed by atoms with Crippen LogP contribution in [0.4, 0.5) is 5.95 Å². The molecule has 3 heterocycles. The Balaban J connectivity index is 1.36. The third-order valence-electron chi connectivity index (χ3n) is 5.49. The summed E-state index contributed by atoms with van der Waals surface area (Å²) < 4.78 is 5.72. The van der Waals surface area contributed by atoms with Crippen LogP contribution in [-0.2, 0) is 17.6 Å². The highest BCUT2D eigenvalue weighted by Gasteiger charge is 2.24. The maximum Gasteiger partial charge on any atom is 0.225 e. The van der Waals surface area contributed by atoms with E-state index in [-0.39, 0.29) is 5.78 Å². The fraction of sp³-hybridized carbons (Fsp3) is 0.476. The highest BCUT2D eigenvalue weighted by atomic mass is 16.5. The predicted molar refractivity (Wildman–Crippen MR) is 104 cm³/mol. The summed E-state index contributed by atoms with van der Waals surface area (Å²) in [7, 11) is 0. The van der Waals surface area contributed by atoms with E-state index in [9.17, 15) is 4.79 Å². The predicted octanol–water partition coefficient (Wildman–Crippen LogP) is 2.43. The van der Waals surface area contributed by atoms with Gasteiger partial charge in [0.25, 0.3) is 0 Å². The lowest BCUT2D eigenvalue weighted by atomic mass is 10.0. The van der Waals surface area contributed by atoms with Gasteiger partial charge < -0.3 is 9.64 Å². The van der Waals surface area contributed by atoms with Gasteiger partial charge in [-0.3, -0.25) is 9.69 Å². The summed E-state index contributed by atoms with van der Waals surface area (Å²) in [5.41, 5.74) is 3.51. The lowest BCUT2D eigenvalue weighted by Gasteiger charge is -2.38. The van der Waals surface area contributed by atoms with Gasteiger partial charge in [-0.15, -0.1) is 0 Å². The van der Waals surface area contributed by atoms with E-state index in [0.29, 0.717) is 12.5 Å². The molecule has 0 radical (unpaired) electrons. The lowest BCUT2D eigenvalue weighted by Crippen LogP contribution is -2.47. The second-order valence-corrected chi connectivity index (χ2v) is 7.43. The number of carbonyl (C=O) groups is 1. The first-order chi connectivity index (χ1) is 13.1. The van der Waals surface area contributed by atoms with Gasteiger partial charge in [-0.25, -0.2) is 9.97 Å². The first-order valence-electron chi connectivity index (χ1n) is 9.65. The molecule has 1 atom stereocenters. The Bertz CT molecular complexity index is 813. The van der Waals surface area contributed by atoms with Gasteiger partial charge in [0, 0.05) is 57.5 Å². The molecule has 0 saturated carbocycles. The molecule has 6 nitrogen and oxygen atoms in total. The molecule has 0 bridgehead atoms. The molecule has 142 valence electrons. The van der Waals surface area contributed by atoms with Crippen LogP contribution in [0, 0.1) is 0 Å². The van der Waals surface area contributed by atoms with Gasteiger partial charge in [0.1, 0.15) is 11.5 Å². The molecule has 1 aromatic heterocycles. The molecule has 0 amide bonds. The van der Waals surface area contributed by atoms with Crippen molar-refractivity contribution in [3.63, 3.8) is 0 Å². The summed E-state index contributed by atoms with van der Waals surface area (Å²) in [6.45, 7) is 8.39. The number of hydrogen-bond acceptors (Lipinski definition) is 6. The lowest BCUT2D eigenvalue weighted by molar-refractivity contribution is -0.116. The zero-order valence-electron chi connectivity index (χ0n) is 16.0. The SMILES string of the molecule is CC(=O)Cc1cnc(N2CCN(C(C)c3ccc4c(c3)OCC4)CC2)nc1. The Morgan fingerprint density at radius 1 is 1.19 bits per heavy atom. The van der Waals surface area contributed by atoms with Crippen LogP contribution in [0.5, 0.6) is 5.75 Å². The number of nitrogens with zero attached hydrogens (tertiary/aromatic N) is 4. The van der Waals surface area contributed by atoms with Crippen LogP contribution in [0.2, 0.25) is 0 Å². The Morgan fingerprint density at radius 2 is 1.93 bits per heavy atom. The number of piperazine rings is 1. The minimum Gasteiger partial charge on any atom is -0.493 e. The Morgan fingerprint density at radius 3 is 2.63 bits per heavy atom. The van der Waals surface area contributed by atoms with E-state index < -0.39 is 0 Å². The van der Waals surface area contributed by atoms with E-state index in [1.807, 2.05) is 0 Å². The summed E-state index contributed by atoms with van der Waals surface area (Å²) >= 11 is 0. The number of ether oxygens (including phenoxy) is 1. The smallest absolute Gasteiger partial charge is 0.225 e. The van der Waals surface area contributed by atoms with Crippen molar-refractivity contribution < 1.29 is 9.53 Å². The van der Waals surface area contributed by atoms with Crippen molar-refractivity contribution in [2.75, 3.05) is 37.7 Å². The Kier molecular flexibility index (Phi) is 5.07. The van der Waals surface area contributed by atoms with Crippen molar-refractivity contribution in [2.45, 2.75) is 32.7 Å². The van der Waals surface area contributed by atoms with Crippen LogP contribution in [0.25, 0.3) is 0 Å². The molecule has 0 N–H and O–H groups in total. The molecule has 1 saturated heterocycles. The van der Waals surface area contributed by atoms with Crippen molar-refractivity contribution in [3.05, 3.63) is 47.3 Å². The number of carbonyl (C=O) groups excluding carboxylic acids is 1. The fourth-order valence-electron chi connectivity index (χ4n) is 3.85. The summed E-state index contributed by atoms with van der Waals surface area (Å²) in [6, 6.07) is 7.01. The molecule has 0 aliphatic carbocycles. The molecule has 27 heavy (non-hydrogen) atoms. The van der Waals surface area contributed by atoms with Crippen LogP contribution in [-0.4, -0.2) is 53.4 Å². The van der Waals surface area contributed by atoms with Crippen LogP contribution in [0.3, 0.4) is 0 Å². The first kappa shape index (κ1) is 17.9. The Hall–Kier alpha value is -2.47. The number of rotatable bonds is 5. The third kappa shape index (κ3) is 3.95. The minimum atomic E-state index is 0.130. The van der Waals surface area contributed by atoms with Gasteiger partial charge in [-0.1, -0.05) is 12.1 Å². The second-order valence-electron chi connectivity index (χ2n) is 7.43. The number of anilines is 1. The maximum atomic E-state index is 11.2. The second kappa shape index (κ2) is 7.64. The highest BCUT2D eigenvalue weighted by molar-refractivity contribution is 5.77. The average molecular weight is 366 g/mol. The fourth-order valence-corrected chi connectivity index (χ4v) is 3.85. The van der Waals surface area contributed by atoms with Crippen molar-refractivity contribution in [2.24, 2.45) is 0 Å². The van der Waals surface area contributed by atoms with Gasteiger partial charge >= 0.3 is 0 Å². The maximum absolute atomic E-state index is 11.2. The minimum absolute atomic E-state index is 0.130. The molecule has 1 fully saturated rings. The van der Waals surface area contributed by atoms with Crippen LogP contribution < -0.4 is 9.64 Å². The van der Waals surface area contributed by atoms with E-state index in [1.54, 1.807) is 19.3 Å². The van der Waals surface area contributed by atoms with Gasteiger partial charge in [0.05, 0.1) is 6.61 Å². The van der Waals surface area contributed by atoms with Crippen molar-refractivity contribution in [1.29, 1.82) is 0 Å².